The molecule has 0 N–H and O–H groups in total. The average Bonchev–Trinajstić information content (AvgIpc) is 3.46. The highest BCUT2D eigenvalue weighted by Crippen LogP contribution is 2.37. The zero-order chi connectivity index (χ0) is 22.8. The Morgan fingerprint density at radius 2 is 2.06 bits per heavy atom. The highest BCUT2D eigenvalue weighted by Gasteiger charge is 2.33. The van der Waals surface area contributed by atoms with E-state index >= 15 is 0 Å². The van der Waals surface area contributed by atoms with Crippen LogP contribution in [-0.2, 0) is 4.79 Å². The molecule has 5 rings (SSSR count). The van der Waals surface area contributed by atoms with Gasteiger partial charge in [-0.1, -0.05) is 35.7 Å². The van der Waals surface area contributed by atoms with E-state index in [0.717, 1.165) is 35.4 Å². The predicted octanol–water partition coefficient (Wildman–Crippen LogP) is 5.53. The van der Waals surface area contributed by atoms with Crippen molar-refractivity contribution in [3.8, 4) is 34.6 Å². The molecular formula is C26H21ClN4O2. The molecule has 4 aromatic rings. The maximum atomic E-state index is 12.5. The lowest BCUT2D eigenvalue weighted by molar-refractivity contribution is -0.126. The zero-order valence-corrected chi connectivity index (χ0v) is 18.8. The van der Waals surface area contributed by atoms with E-state index in [1.165, 1.54) is 0 Å². The molecular weight excluding hydrogens is 436 g/mol. The number of fused-ring (bicyclic) bond motifs is 1. The van der Waals surface area contributed by atoms with Crippen LogP contribution in [-0.4, -0.2) is 31.7 Å². The number of amides is 1. The number of hydrogen-bond acceptors (Lipinski definition) is 4. The standard InChI is InChI=1S/C26H21ClN4O2/c1-2-7-24(32)30-14-6-10-21(30)26-29-25(22-17-28-13-15-31(22)26)18-11-12-23(20(27)16-18)33-19-8-4-3-5-9-19/h3-5,8-9,11-13,15-17,21H,6,10,14H2,1H3/t21-/m1/s1. The Labute approximate surface area is 196 Å². The number of para-hydroxylation sites is 1. The van der Waals surface area contributed by atoms with E-state index in [1.54, 1.807) is 24.2 Å². The third-order valence-corrected chi connectivity index (χ3v) is 5.99. The monoisotopic (exact) mass is 456 g/mol. The molecule has 1 atom stereocenters. The van der Waals surface area contributed by atoms with Gasteiger partial charge in [-0.2, -0.15) is 0 Å². The number of hydrogen-bond donors (Lipinski definition) is 0. The first-order valence-electron chi connectivity index (χ1n) is 10.7. The number of likely N-dealkylation sites (tertiary alicyclic amines) is 1. The Morgan fingerprint density at radius 1 is 1.21 bits per heavy atom. The fourth-order valence-electron chi connectivity index (χ4n) is 4.21. The number of nitrogens with zero attached hydrogens (tertiary/aromatic N) is 4. The van der Waals surface area contributed by atoms with Gasteiger partial charge in [-0.15, -0.1) is 0 Å². The Balaban J connectivity index is 1.54. The van der Waals surface area contributed by atoms with Crippen LogP contribution in [0.1, 0.15) is 31.6 Å². The fraction of sp³-hybridized carbons (Fsp3) is 0.192. The van der Waals surface area contributed by atoms with Gasteiger partial charge in [-0.3, -0.25) is 14.2 Å². The maximum absolute atomic E-state index is 12.5. The van der Waals surface area contributed by atoms with Gasteiger partial charge in [0.2, 0.25) is 0 Å². The van der Waals surface area contributed by atoms with E-state index in [-0.39, 0.29) is 11.9 Å². The third kappa shape index (κ3) is 4.04. The number of rotatable bonds is 4. The minimum absolute atomic E-state index is 0.141. The molecule has 6 nitrogen and oxygen atoms in total. The number of carbonyl (C=O) groups excluding carboxylic acids is 1. The molecule has 3 heterocycles. The van der Waals surface area contributed by atoms with Gasteiger partial charge in [0, 0.05) is 24.5 Å². The van der Waals surface area contributed by atoms with E-state index in [2.05, 4.69) is 16.8 Å². The molecule has 2 aromatic heterocycles. The number of halogens is 1. The number of ether oxygens (including phenoxy) is 1. The fourth-order valence-corrected chi connectivity index (χ4v) is 4.43. The first-order valence-corrected chi connectivity index (χ1v) is 11.1. The first-order chi connectivity index (χ1) is 16.2. The molecule has 1 fully saturated rings. The molecule has 33 heavy (non-hydrogen) atoms. The van der Waals surface area contributed by atoms with Crippen LogP contribution in [0.4, 0.5) is 0 Å². The summed E-state index contributed by atoms with van der Waals surface area (Å²) in [6.45, 7) is 2.34. The molecule has 164 valence electrons. The van der Waals surface area contributed by atoms with Crippen LogP contribution in [0, 0.1) is 11.8 Å². The molecule has 2 aromatic carbocycles. The number of aromatic nitrogens is 3. The molecule has 1 amide bonds. The van der Waals surface area contributed by atoms with Crippen molar-refractivity contribution in [1.29, 1.82) is 0 Å². The normalized spacial score (nSPS) is 15.3. The van der Waals surface area contributed by atoms with E-state index in [1.807, 2.05) is 59.1 Å². The number of imidazole rings is 1. The summed E-state index contributed by atoms with van der Waals surface area (Å²) in [6.07, 6.45) is 7.12. The molecule has 0 bridgehead atoms. The van der Waals surface area contributed by atoms with Crippen molar-refractivity contribution in [1.82, 2.24) is 19.3 Å². The lowest BCUT2D eigenvalue weighted by Crippen LogP contribution is -2.30. The SMILES string of the molecule is CC#CC(=O)N1CCC[C@@H]1c1nc(-c2ccc(Oc3ccccc3)c(Cl)c2)c2cnccn12. The second-order valence-corrected chi connectivity index (χ2v) is 8.15. The van der Waals surface area contributed by atoms with Crippen molar-refractivity contribution >= 4 is 23.0 Å². The Hall–Kier alpha value is -3.82. The summed E-state index contributed by atoms with van der Waals surface area (Å²) < 4.78 is 7.91. The van der Waals surface area contributed by atoms with Crippen molar-refractivity contribution < 1.29 is 9.53 Å². The van der Waals surface area contributed by atoms with Crippen LogP contribution in [0.3, 0.4) is 0 Å². The van der Waals surface area contributed by atoms with Crippen LogP contribution in [0.15, 0.2) is 67.1 Å². The lowest BCUT2D eigenvalue weighted by Gasteiger charge is -2.21. The summed E-state index contributed by atoms with van der Waals surface area (Å²) in [7, 11) is 0. The molecule has 0 aliphatic carbocycles. The second-order valence-electron chi connectivity index (χ2n) is 7.74. The lowest BCUT2D eigenvalue weighted by atomic mass is 10.1. The van der Waals surface area contributed by atoms with Gasteiger partial charge in [-0.25, -0.2) is 4.98 Å². The van der Waals surface area contributed by atoms with E-state index in [4.69, 9.17) is 21.3 Å². The van der Waals surface area contributed by atoms with Crippen LogP contribution >= 0.6 is 11.6 Å². The maximum Gasteiger partial charge on any atom is 0.299 e. The topological polar surface area (TPSA) is 59.7 Å². The Kier molecular flexibility index (Phi) is 5.72. The second kappa shape index (κ2) is 8.97. The van der Waals surface area contributed by atoms with Gasteiger partial charge in [0.25, 0.3) is 5.91 Å². The van der Waals surface area contributed by atoms with Gasteiger partial charge < -0.3 is 9.64 Å². The number of benzene rings is 2. The minimum atomic E-state index is -0.169. The first kappa shape index (κ1) is 21.0. The highest BCUT2D eigenvalue weighted by atomic mass is 35.5. The van der Waals surface area contributed by atoms with Crippen molar-refractivity contribution in [3.63, 3.8) is 0 Å². The summed E-state index contributed by atoms with van der Waals surface area (Å²) in [5, 5.41) is 0.485. The van der Waals surface area contributed by atoms with Crippen LogP contribution in [0.25, 0.3) is 16.8 Å². The predicted molar refractivity (Wildman–Crippen MR) is 127 cm³/mol. The Morgan fingerprint density at radius 3 is 2.85 bits per heavy atom. The summed E-state index contributed by atoms with van der Waals surface area (Å²) in [5.41, 5.74) is 2.45. The molecule has 0 saturated carbocycles. The molecule has 1 saturated heterocycles. The van der Waals surface area contributed by atoms with E-state index in [0.29, 0.717) is 23.1 Å². The van der Waals surface area contributed by atoms with E-state index < -0.39 is 0 Å². The molecule has 0 unspecified atom stereocenters. The van der Waals surface area contributed by atoms with Crippen molar-refractivity contribution in [2.24, 2.45) is 0 Å². The average molecular weight is 457 g/mol. The summed E-state index contributed by atoms with van der Waals surface area (Å²) in [5.74, 6) is 7.29. The van der Waals surface area contributed by atoms with Crippen LogP contribution < -0.4 is 4.74 Å². The van der Waals surface area contributed by atoms with E-state index in [9.17, 15) is 4.79 Å². The van der Waals surface area contributed by atoms with Gasteiger partial charge >= 0.3 is 0 Å². The molecule has 0 spiro atoms. The third-order valence-electron chi connectivity index (χ3n) is 5.69. The van der Waals surface area contributed by atoms with Crippen molar-refractivity contribution in [2.75, 3.05) is 6.54 Å². The van der Waals surface area contributed by atoms with Gasteiger partial charge in [0.15, 0.2) is 0 Å². The molecule has 7 heteroatoms. The van der Waals surface area contributed by atoms with Gasteiger partial charge in [0.05, 0.1) is 28.5 Å². The molecule has 1 aliphatic rings. The number of carbonyl (C=O) groups is 1. The van der Waals surface area contributed by atoms with Crippen molar-refractivity contribution in [3.05, 3.63) is 78.0 Å². The summed E-state index contributed by atoms with van der Waals surface area (Å²) in [4.78, 5) is 23.6. The smallest absolute Gasteiger partial charge is 0.299 e. The van der Waals surface area contributed by atoms with Crippen LogP contribution in [0.5, 0.6) is 11.5 Å². The molecule has 1 aliphatic heterocycles. The van der Waals surface area contributed by atoms with Gasteiger partial charge in [-0.05, 0) is 56.0 Å². The largest absolute Gasteiger partial charge is 0.456 e. The summed E-state index contributed by atoms with van der Waals surface area (Å²) in [6, 6.07) is 15.0. The minimum Gasteiger partial charge on any atom is -0.456 e. The molecule has 0 radical (unpaired) electrons. The van der Waals surface area contributed by atoms with Crippen LogP contribution in [0.2, 0.25) is 5.02 Å². The zero-order valence-electron chi connectivity index (χ0n) is 18.0. The summed E-state index contributed by atoms with van der Waals surface area (Å²) >= 11 is 6.57. The quantitative estimate of drug-likeness (QED) is 0.379. The highest BCUT2D eigenvalue weighted by molar-refractivity contribution is 6.32. The van der Waals surface area contributed by atoms with Crippen molar-refractivity contribution in [2.45, 2.75) is 25.8 Å². The Bertz CT molecular complexity index is 1390. The van der Waals surface area contributed by atoms with Gasteiger partial charge in [0.1, 0.15) is 17.3 Å².